The lowest BCUT2D eigenvalue weighted by atomic mass is 10.2. The summed E-state index contributed by atoms with van der Waals surface area (Å²) >= 11 is 0. The molecule has 0 aliphatic rings. The van der Waals surface area contributed by atoms with Crippen LogP contribution in [0.15, 0.2) is 4.99 Å². The predicted octanol–water partition coefficient (Wildman–Crippen LogP) is 3.36. The molecule has 0 amide bonds. The largest absolute Gasteiger partial charge is 0.312 e. The third kappa shape index (κ3) is 4.27. The summed E-state index contributed by atoms with van der Waals surface area (Å²) in [7, 11) is 0. The minimum Gasteiger partial charge on any atom is -0.312 e. The number of hydrogen-bond acceptors (Lipinski definition) is 1. The highest BCUT2D eigenvalue weighted by Gasteiger charge is 2.34. The van der Waals surface area contributed by atoms with Crippen LogP contribution < -0.4 is 0 Å². The molecule has 0 N–H and O–H groups in total. The molecule has 0 saturated heterocycles. The molecular weight excluding hydrogens is 222 g/mol. The van der Waals surface area contributed by atoms with Gasteiger partial charge in [-0.15, -0.1) is 0 Å². The summed E-state index contributed by atoms with van der Waals surface area (Å²) in [4.78, 5) is 7.30. The lowest BCUT2D eigenvalue weighted by Crippen LogP contribution is -2.60. The Morgan fingerprint density at radius 3 is 1.67 bits per heavy atom. The molecule has 0 radical (unpaired) electrons. The Morgan fingerprint density at radius 2 is 1.39 bits per heavy atom. The lowest BCUT2D eigenvalue weighted by Gasteiger charge is -2.41. The molecule has 3 nitrogen and oxygen atoms in total. The zero-order chi connectivity index (χ0) is 14.0. The van der Waals surface area contributed by atoms with Crippen LogP contribution in [0.1, 0.15) is 54.4 Å². The summed E-state index contributed by atoms with van der Waals surface area (Å²) in [6, 6.07) is 0. The summed E-state index contributed by atoms with van der Waals surface area (Å²) in [6.07, 6.45) is 2.44. The Balaban J connectivity index is 5.38. The van der Waals surface area contributed by atoms with E-state index in [2.05, 4.69) is 46.4 Å². The molecule has 0 spiro atoms. The molecule has 18 heavy (non-hydrogen) atoms. The van der Waals surface area contributed by atoms with Gasteiger partial charge in [0.15, 0.2) is 0 Å². The van der Waals surface area contributed by atoms with Crippen molar-refractivity contribution in [3.8, 4) is 0 Å². The van der Waals surface area contributed by atoms with E-state index < -0.39 is 0 Å². The normalized spacial score (nSPS) is 12.9. The minimum absolute atomic E-state index is 0.888. The fourth-order valence-corrected chi connectivity index (χ4v) is 2.82. The summed E-state index contributed by atoms with van der Waals surface area (Å²) in [5.41, 5.74) is 0. The van der Waals surface area contributed by atoms with E-state index in [1.54, 1.807) is 0 Å². The molecule has 0 unspecified atom stereocenters. The van der Waals surface area contributed by atoms with E-state index in [0.29, 0.717) is 0 Å². The standard InChI is InChI=1S/C15H34N3/c1-7-13-18(12-6,14-8-2)15(16-9-3)17(10-4)11-5/h7-14H2,1-6H3/q+1. The van der Waals surface area contributed by atoms with Gasteiger partial charge in [-0.05, 0) is 40.5 Å². The van der Waals surface area contributed by atoms with Crippen molar-refractivity contribution >= 4 is 5.96 Å². The molecule has 0 rings (SSSR count). The predicted molar refractivity (Wildman–Crippen MR) is 82.0 cm³/mol. The van der Waals surface area contributed by atoms with Gasteiger partial charge in [0, 0.05) is 19.6 Å². The maximum Gasteiger partial charge on any atom is 0.300 e. The van der Waals surface area contributed by atoms with Gasteiger partial charge in [0.05, 0.1) is 19.6 Å². The zero-order valence-corrected chi connectivity index (χ0v) is 13.5. The topological polar surface area (TPSA) is 15.6 Å². The Kier molecular flexibility index (Phi) is 9.08. The van der Waals surface area contributed by atoms with E-state index in [4.69, 9.17) is 4.99 Å². The average Bonchev–Trinajstić information content (AvgIpc) is 2.38. The SMILES string of the molecule is CCC[N+](CC)(CCC)C(=NCC)N(CC)CC. The van der Waals surface area contributed by atoms with Crippen LogP contribution in [0, 0.1) is 0 Å². The van der Waals surface area contributed by atoms with Crippen molar-refractivity contribution in [2.45, 2.75) is 54.4 Å². The van der Waals surface area contributed by atoms with E-state index in [9.17, 15) is 0 Å². The van der Waals surface area contributed by atoms with Crippen molar-refractivity contribution in [3.05, 3.63) is 0 Å². The number of quaternary nitrogens is 1. The molecule has 0 aliphatic heterocycles. The molecule has 3 heteroatoms. The number of hydrogen-bond donors (Lipinski definition) is 0. The van der Waals surface area contributed by atoms with E-state index >= 15 is 0 Å². The van der Waals surface area contributed by atoms with E-state index in [1.165, 1.54) is 31.9 Å². The third-order valence-electron chi connectivity index (χ3n) is 3.68. The molecule has 0 aliphatic carbocycles. The molecule has 0 fully saturated rings. The van der Waals surface area contributed by atoms with Crippen molar-refractivity contribution in [2.75, 3.05) is 39.3 Å². The Labute approximate surface area is 114 Å². The first-order chi connectivity index (χ1) is 8.65. The van der Waals surface area contributed by atoms with Crippen LogP contribution in [-0.2, 0) is 0 Å². The summed E-state index contributed by atoms with van der Waals surface area (Å²) in [6.45, 7) is 20.1. The molecule has 0 atom stereocenters. The third-order valence-corrected chi connectivity index (χ3v) is 3.68. The van der Waals surface area contributed by atoms with E-state index in [1.807, 2.05) is 0 Å². The van der Waals surface area contributed by atoms with Crippen molar-refractivity contribution in [1.29, 1.82) is 0 Å². The van der Waals surface area contributed by atoms with Gasteiger partial charge in [-0.1, -0.05) is 13.8 Å². The first kappa shape index (κ1) is 17.4. The zero-order valence-electron chi connectivity index (χ0n) is 13.5. The molecule has 0 aromatic rings. The number of nitrogens with zero attached hydrogens (tertiary/aromatic N) is 3. The first-order valence-corrected chi connectivity index (χ1v) is 7.81. The number of aliphatic imine (C=N–C) groups is 1. The maximum absolute atomic E-state index is 4.86. The Hall–Kier alpha value is -0.570. The van der Waals surface area contributed by atoms with Gasteiger partial charge in [0.1, 0.15) is 0 Å². The van der Waals surface area contributed by atoms with Gasteiger partial charge >= 0.3 is 0 Å². The molecule has 0 heterocycles. The summed E-state index contributed by atoms with van der Waals surface area (Å²) in [5.74, 6) is 1.31. The second-order valence-electron chi connectivity index (χ2n) is 4.86. The summed E-state index contributed by atoms with van der Waals surface area (Å²) in [5, 5.41) is 0. The van der Waals surface area contributed by atoms with Crippen LogP contribution in [0.5, 0.6) is 0 Å². The van der Waals surface area contributed by atoms with Crippen molar-refractivity contribution in [2.24, 2.45) is 4.99 Å². The van der Waals surface area contributed by atoms with Gasteiger partial charge in [0.25, 0.3) is 5.96 Å². The molecule has 0 aromatic carbocycles. The van der Waals surface area contributed by atoms with Gasteiger partial charge in [-0.25, -0.2) is 4.99 Å². The van der Waals surface area contributed by atoms with Crippen LogP contribution in [0.2, 0.25) is 0 Å². The highest BCUT2D eigenvalue weighted by molar-refractivity contribution is 5.73. The fourth-order valence-electron chi connectivity index (χ4n) is 2.82. The average molecular weight is 256 g/mol. The molecule has 0 aromatic heterocycles. The molecular formula is C15H34N3+. The van der Waals surface area contributed by atoms with Crippen LogP contribution in [0.25, 0.3) is 0 Å². The van der Waals surface area contributed by atoms with E-state index in [0.717, 1.165) is 30.7 Å². The smallest absolute Gasteiger partial charge is 0.300 e. The summed E-state index contributed by atoms with van der Waals surface area (Å²) < 4.78 is 1.06. The van der Waals surface area contributed by atoms with Crippen molar-refractivity contribution in [1.82, 2.24) is 4.90 Å². The molecule has 108 valence electrons. The number of guanidine groups is 1. The second kappa shape index (κ2) is 9.37. The van der Waals surface area contributed by atoms with Crippen LogP contribution in [-0.4, -0.2) is 54.6 Å². The van der Waals surface area contributed by atoms with Crippen molar-refractivity contribution < 1.29 is 4.48 Å². The van der Waals surface area contributed by atoms with Crippen molar-refractivity contribution in [3.63, 3.8) is 0 Å². The van der Waals surface area contributed by atoms with Crippen LogP contribution in [0.3, 0.4) is 0 Å². The molecule has 0 bridgehead atoms. The molecule has 0 saturated carbocycles. The Bertz CT molecular complexity index is 226. The highest BCUT2D eigenvalue weighted by atomic mass is 15.5. The second-order valence-corrected chi connectivity index (χ2v) is 4.86. The lowest BCUT2D eigenvalue weighted by molar-refractivity contribution is -0.845. The van der Waals surface area contributed by atoms with Gasteiger partial charge in [-0.3, -0.25) is 4.48 Å². The first-order valence-electron chi connectivity index (χ1n) is 7.81. The van der Waals surface area contributed by atoms with Crippen LogP contribution in [0.4, 0.5) is 0 Å². The fraction of sp³-hybridized carbons (Fsp3) is 0.933. The number of rotatable bonds is 8. The van der Waals surface area contributed by atoms with E-state index in [-0.39, 0.29) is 0 Å². The Morgan fingerprint density at radius 1 is 0.889 bits per heavy atom. The van der Waals surface area contributed by atoms with Gasteiger partial charge in [0.2, 0.25) is 0 Å². The monoisotopic (exact) mass is 256 g/mol. The highest BCUT2D eigenvalue weighted by Crippen LogP contribution is 2.15. The van der Waals surface area contributed by atoms with Gasteiger partial charge in [-0.2, -0.15) is 0 Å². The van der Waals surface area contributed by atoms with Gasteiger partial charge < -0.3 is 4.90 Å². The maximum atomic E-state index is 4.86. The van der Waals surface area contributed by atoms with Crippen LogP contribution >= 0.6 is 0 Å². The minimum atomic E-state index is 0.888. The quantitative estimate of drug-likeness (QED) is 0.369.